The van der Waals surface area contributed by atoms with Gasteiger partial charge in [0.25, 0.3) is 0 Å². The summed E-state index contributed by atoms with van der Waals surface area (Å²) in [6, 6.07) is 17.3. The first kappa shape index (κ1) is 22.3. The number of anilines is 2. The van der Waals surface area contributed by atoms with Crippen molar-refractivity contribution in [1.29, 1.82) is 0 Å². The van der Waals surface area contributed by atoms with Crippen LogP contribution in [-0.4, -0.2) is 30.6 Å². The van der Waals surface area contributed by atoms with Crippen molar-refractivity contribution in [2.75, 3.05) is 10.6 Å². The quantitative estimate of drug-likeness (QED) is 0.338. The Balaban J connectivity index is 1.35. The molecule has 0 aliphatic heterocycles. The summed E-state index contributed by atoms with van der Waals surface area (Å²) in [4.78, 5) is 17.2. The molecule has 2 amide bonds. The highest BCUT2D eigenvalue weighted by Crippen LogP contribution is 2.28. The third-order valence-corrected chi connectivity index (χ3v) is 5.94. The Bertz CT molecular complexity index is 1510. The molecule has 2 N–H and O–H groups in total. The summed E-state index contributed by atoms with van der Waals surface area (Å²) in [6.07, 6.45) is 5.48. The number of aryl methyl sites for hydroxylation is 2. The third kappa shape index (κ3) is 4.50. The van der Waals surface area contributed by atoms with Gasteiger partial charge in [-0.15, -0.1) is 0 Å². The van der Waals surface area contributed by atoms with Gasteiger partial charge in [0.15, 0.2) is 0 Å². The van der Waals surface area contributed by atoms with E-state index in [0.29, 0.717) is 11.5 Å². The molecular formula is C27H27N7O. The first-order valence-electron chi connectivity index (χ1n) is 11.5. The van der Waals surface area contributed by atoms with E-state index in [1.807, 2.05) is 81.0 Å². The summed E-state index contributed by atoms with van der Waals surface area (Å²) < 4.78 is 3.57. The number of benzene rings is 2. The van der Waals surface area contributed by atoms with Crippen molar-refractivity contribution in [2.24, 2.45) is 7.05 Å². The highest BCUT2D eigenvalue weighted by atomic mass is 16.2. The molecule has 0 aliphatic rings. The Morgan fingerprint density at radius 3 is 2.51 bits per heavy atom. The van der Waals surface area contributed by atoms with Crippen LogP contribution in [0.2, 0.25) is 0 Å². The molecule has 2 aromatic carbocycles. The van der Waals surface area contributed by atoms with Crippen molar-refractivity contribution in [3.05, 3.63) is 84.4 Å². The molecule has 3 heterocycles. The van der Waals surface area contributed by atoms with Crippen molar-refractivity contribution >= 4 is 28.4 Å². The fourth-order valence-corrected chi connectivity index (χ4v) is 4.03. The minimum atomic E-state index is -0.335. The predicted octanol–water partition coefficient (Wildman–Crippen LogP) is 5.90. The number of nitrogens with zero attached hydrogens (tertiary/aromatic N) is 5. The van der Waals surface area contributed by atoms with Crippen LogP contribution < -0.4 is 10.6 Å². The lowest BCUT2D eigenvalue weighted by Gasteiger charge is -2.11. The SMILES string of the molecule is Cc1cccc(-n2nc(C(C)C)cc2NC(=O)Nc2ccc(-c3cncc4c3cnn4C)cc2)c1. The van der Waals surface area contributed by atoms with Gasteiger partial charge in [-0.2, -0.15) is 10.2 Å². The number of carbonyl (C=O) groups is 1. The number of rotatable bonds is 5. The summed E-state index contributed by atoms with van der Waals surface area (Å²) in [5, 5.41) is 15.9. The van der Waals surface area contributed by atoms with Crippen LogP contribution >= 0.6 is 0 Å². The second-order valence-corrected chi connectivity index (χ2v) is 8.90. The van der Waals surface area contributed by atoms with Gasteiger partial charge >= 0.3 is 6.03 Å². The zero-order valence-electron chi connectivity index (χ0n) is 20.1. The number of hydrogen-bond donors (Lipinski definition) is 2. The number of aromatic nitrogens is 5. The first-order chi connectivity index (χ1) is 16.9. The van der Waals surface area contributed by atoms with E-state index in [1.54, 1.807) is 15.6 Å². The Morgan fingerprint density at radius 1 is 0.971 bits per heavy atom. The van der Waals surface area contributed by atoms with Crippen LogP contribution in [0.3, 0.4) is 0 Å². The number of amides is 2. The lowest BCUT2D eigenvalue weighted by atomic mass is 10.0. The zero-order valence-corrected chi connectivity index (χ0v) is 20.1. The number of fused-ring (bicyclic) bond motifs is 1. The van der Waals surface area contributed by atoms with Crippen molar-refractivity contribution < 1.29 is 4.79 Å². The van der Waals surface area contributed by atoms with Gasteiger partial charge in [-0.05, 0) is 48.2 Å². The maximum atomic E-state index is 12.9. The van der Waals surface area contributed by atoms with E-state index in [2.05, 4.69) is 34.6 Å². The molecule has 5 aromatic rings. The van der Waals surface area contributed by atoms with Gasteiger partial charge in [0, 0.05) is 35.9 Å². The Labute approximate surface area is 203 Å². The van der Waals surface area contributed by atoms with Gasteiger partial charge in [0.1, 0.15) is 5.82 Å². The summed E-state index contributed by atoms with van der Waals surface area (Å²) in [7, 11) is 1.90. The minimum Gasteiger partial charge on any atom is -0.308 e. The van der Waals surface area contributed by atoms with Gasteiger partial charge in [0.2, 0.25) is 0 Å². The van der Waals surface area contributed by atoms with Crippen molar-refractivity contribution in [2.45, 2.75) is 26.7 Å². The number of pyridine rings is 1. The Morgan fingerprint density at radius 2 is 1.77 bits per heavy atom. The summed E-state index contributed by atoms with van der Waals surface area (Å²) in [6.45, 7) is 6.19. The molecule has 0 fully saturated rings. The van der Waals surface area contributed by atoms with Crippen LogP contribution in [0.25, 0.3) is 27.7 Å². The standard InChI is InChI=1S/C27H27N7O/c1-17(2)24-13-26(34(32-24)21-7-5-6-18(3)12-21)31-27(35)30-20-10-8-19(9-11-20)22-14-28-16-25-23(22)15-29-33(25)4/h5-17H,1-4H3,(H2,30,31,35). The van der Waals surface area contributed by atoms with E-state index in [4.69, 9.17) is 5.10 Å². The predicted molar refractivity (Wildman–Crippen MR) is 139 cm³/mol. The average Bonchev–Trinajstić information content (AvgIpc) is 3.43. The fraction of sp³-hybridized carbons (Fsp3) is 0.185. The van der Waals surface area contributed by atoms with Gasteiger partial charge in [-0.3, -0.25) is 15.0 Å². The van der Waals surface area contributed by atoms with Crippen LogP contribution in [0.15, 0.2) is 73.2 Å². The Hall–Kier alpha value is -4.46. The smallest absolute Gasteiger partial charge is 0.308 e. The van der Waals surface area contributed by atoms with Crippen LogP contribution in [-0.2, 0) is 7.05 Å². The molecule has 0 bridgehead atoms. The molecule has 8 nitrogen and oxygen atoms in total. The van der Waals surface area contributed by atoms with E-state index in [-0.39, 0.29) is 11.9 Å². The molecule has 0 unspecified atom stereocenters. The lowest BCUT2D eigenvalue weighted by molar-refractivity contribution is 0.262. The first-order valence-corrected chi connectivity index (χ1v) is 11.5. The van der Waals surface area contributed by atoms with Gasteiger partial charge < -0.3 is 5.32 Å². The summed E-state index contributed by atoms with van der Waals surface area (Å²) in [5.74, 6) is 0.846. The molecule has 0 saturated carbocycles. The molecular weight excluding hydrogens is 438 g/mol. The van der Waals surface area contributed by atoms with Crippen LogP contribution in [0, 0.1) is 6.92 Å². The molecule has 0 spiro atoms. The molecule has 8 heteroatoms. The largest absolute Gasteiger partial charge is 0.324 e. The lowest BCUT2D eigenvalue weighted by Crippen LogP contribution is -2.21. The second kappa shape index (κ2) is 9.06. The van der Waals surface area contributed by atoms with E-state index in [0.717, 1.165) is 39.0 Å². The molecule has 0 atom stereocenters. The Kier molecular flexibility index (Phi) is 5.78. The van der Waals surface area contributed by atoms with Gasteiger partial charge in [0.05, 0.1) is 29.3 Å². The number of urea groups is 1. The average molecular weight is 466 g/mol. The van der Waals surface area contributed by atoms with Crippen molar-refractivity contribution in [3.63, 3.8) is 0 Å². The van der Waals surface area contributed by atoms with Crippen LogP contribution in [0.1, 0.15) is 31.0 Å². The molecule has 176 valence electrons. The summed E-state index contributed by atoms with van der Waals surface area (Å²) in [5.41, 5.74) is 6.57. The van der Waals surface area contributed by atoms with E-state index in [1.165, 1.54) is 0 Å². The highest BCUT2D eigenvalue weighted by molar-refractivity contribution is 6.00. The fourth-order valence-electron chi connectivity index (χ4n) is 4.03. The van der Waals surface area contributed by atoms with E-state index in [9.17, 15) is 4.79 Å². The third-order valence-electron chi connectivity index (χ3n) is 5.94. The zero-order chi connectivity index (χ0) is 24.5. The van der Waals surface area contributed by atoms with E-state index >= 15 is 0 Å². The van der Waals surface area contributed by atoms with E-state index < -0.39 is 0 Å². The minimum absolute atomic E-state index is 0.232. The number of nitrogens with one attached hydrogen (secondary N) is 2. The maximum absolute atomic E-state index is 12.9. The van der Waals surface area contributed by atoms with Crippen molar-refractivity contribution in [3.8, 4) is 16.8 Å². The van der Waals surface area contributed by atoms with Crippen LogP contribution in [0.4, 0.5) is 16.3 Å². The molecule has 0 radical (unpaired) electrons. The van der Waals surface area contributed by atoms with Gasteiger partial charge in [-0.1, -0.05) is 38.1 Å². The van der Waals surface area contributed by atoms with Crippen molar-refractivity contribution in [1.82, 2.24) is 24.5 Å². The van der Waals surface area contributed by atoms with Gasteiger partial charge in [-0.25, -0.2) is 9.48 Å². The molecule has 0 saturated heterocycles. The molecule has 0 aliphatic carbocycles. The normalized spacial score (nSPS) is 11.2. The van der Waals surface area contributed by atoms with Crippen LogP contribution in [0.5, 0.6) is 0 Å². The maximum Gasteiger partial charge on any atom is 0.324 e. The second-order valence-electron chi connectivity index (χ2n) is 8.90. The monoisotopic (exact) mass is 465 g/mol. The number of carbonyl (C=O) groups excluding carboxylic acids is 1. The topological polar surface area (TPSA) is 89.7 Å². The number of hydrogen-bond acceptors (Lipinski definition) is 4. The molecule has 35 heavy (non-hydrogen) atoms. The molecule has 5 rings (SSSR count). The summed E-state index contributed by atoms with van der Waals surface area (Å²) >= 11 is 0. The highest BCUT2D eigenvalue weighted by Gasteiger charge is 2.15. The molecule has 3 aromatic heterocycles.